The van der Waals surface area contributed by atoms with Crippen LogP contribution in [-0.2, 0) is 28.6 Å². The van der Waals surface area contributed by atoms with Crippen LogP contribution in [0.4, 0.5) is 0 Å². The predicted octanol–water partition coefficient (Wildman–Crippen LogP) is 17.8. The minimum Gasteiger partial charge on any atom is -0.462 e. The quantitative estimate of drug-likeness (QED) is 0.0262. The molecule has 64 heavy (non-hydrogen) atoms. The first-order chi connectivity index (χ1) is 31.5. The number of carbonyl (C=O) groups excluding carboxylic acids is 3. The molecule has 6 heteroatoms. The van der Waals surface area contributed by atoms with Crippen molar-refractivity contribution in [2.75, 3.05) is 13.2 Å². The van der Waals surface area contributed by atoms with Crippen molar-refractivity contribution in [2.45, 2.75) is 264 Å². The molecule has 0 spiro atoms. The number of hydrogen-bond donors (Lipinski definition) is 0. The lowest BCUT2D eigenvalue weighted by Crippen LogP contribution is -2.30. The van der Waals surface area contributed by atoms with Crippen LogP contribution in [0.2, 0.25) is 0 Å². The monoisotopic (exact) mass is 893 g/mol. The standard InChI is InChI=1S/C58H100O6/c1-4-7-10-13-16-19-21-23-25-27-29-31-32-34-36-39-42-45-48-51-57(60)63-54-55(53-62-56(59)50-47-44-41-38-18-15-12-9-6-3)64-58(61)52-49-46-43-40-37-35-33-30-28-26-24-22-20-17-14-11-8-5-2/h7,10,16,19-20,22-23,25-26,28-29,31,55H,4-6,8-9,11-15,17-18,21,24,27,30,32-54H2,1-3H3/b10-7-,19-16-,22-20-,25-23-,28-26-,31-29-. The minimum atomic E-state index is -0.783. The zero-order chi connectivity index (χ0) is 46.5. The van der Waals surface area contributed by atoms with E-state index in [0.29, 0.717) is 19.3 Å². The van der Waals surface area contributed by atoms with E-state index in [1.54, 1.807) is 0 Å². The van der Waals surface area contributed by atoms with Gasteiger partial charge in [-0.3, -0.25) is 14.4 Å². The summed E-state index contributed by atoms with van der Waals surface area (Å²) in [5.41, 5.74) is 0. The first kappa shape index (κ1) is 60.9. The molecule has 0 bridgehead atoms. The van der Waals surface area contributed by atoms with Gasteiger partial charge in [-0.25, -0.2) is 0 Å². The van der Waals surface area contributed by atoms with Gasteiger partial charge in [-0.1, -0.05) is 222 Å². The lowest BCUT2D eigenvalue weighted by Gasteiger charge is -2.18. The maximum Gasteiger partial charge on any atom is 0.306 e. The van der Waals surface area contributed by atoms with Crippen molar-refractivity contribution in [3.8, 4) is 0 Å². The Kier molecular flexibility index (Phi) is 49.9. The summed E-state index contributed by atoms with van der Waals surface area (Å²) in [5, 5.41) is 0. The maximum atomic E-state index is 12.8. The average molecular weight is 893 g/mol. The van der Waals surface area contributed by atoms with E-state index in [-0.39, 0.29) is 31.1 Å². The molecule has 0 saturated carbocycles. The van der Waals surface area contributed by atoms with Crippen LogP contribution in [0.1, 0.15) is 258 Å². The van der Waals surface area contributed by atoms with Gasteiger partial charge in [-0.2, -0.15) is 0 Å². The smallest absolute Gasteiger partial charge is 0.306 e. The molecule has 0 radical (unpaired) electrons. The molecule has 0 aliphatic carbocycles. The Hall–Kier alpha value is -3.15. The molecular weight excluding hydrogens is 793 g/mol. The van der Waals surface area contributed by atoms with Gasteiger partial charge in [0.15, 0.2) is 6.10 Å². The van der Waals surface area contributed by atoms with Crippen LogP contribution in [0.3, 0.4) is 0 Å². The fourth-order valence-electron chi connectivity index (χ4n) is 7.40. The van der Waals surface area contributed by atoms with Gasteiger partial charge in [-0.15, -0.1) is 0 Å². The van der Waals surface area contributed by atoms with Crippen molar-refractivity contribution in [3.05, 3.63) is 72.9 Å². The first-order valence-electron chi connectivity index (χ1n) is 26.9. The van der Waals surface area contributed by atoms with Gasteiger partial charge in [0.1, 0.15) is 13.2 Å². The normalized spacial score (nSPS) is 12.6. The van der Waals surface area contributed by atoms with Gasteiger partial charge in [-0.05, 0) is 89.9 Å². The summed E-state index contributed by atoms with van der Waals surface area (Å²) in [6.07, 6.45) is 66.0. The van der Waals surface area contributed by atoms with E-state index >= 15 is 0 Å². The lowest BCUT2D eigenvalue weighted by molar-refractivity contribution is -0.167. The Balaban J connectivity index is 4.35. The number of esters is 3. The van der Waals surface area contributed by atoms with Gasteiger partial charge >= 0.3 is 17.9 Å². The molecule has 0 aromatic rings. The highest BCUT2D eigenvalue weighted by Gasteiger charge is 2.19. The van der Waals surface area contributed by atoms with Gasteiger partial charge < -0.3 is 14.2 Å². The molecule has 0 aliphatic heterocycles. The Morgan fingerprint density at radius 1 is 0.328 bits per heavy atom. The number of carbonyl (C=O) groups is 3. The molecule has 0 aromatic heterocycles. The largest absolute Gasteiger partial charge is 0.462 e. The van der Waals surface area contributed by atoms with E-state index in [4.69, 9.17) is 14.2 Å². The molecule has 1 atom stereocenters. The molecule has 0 aromatic carbocycles. The van der Waals surface area contributed by atoms with Gasteiger partial charge in [0.05, 0.1) is 0 Å². The third-order valence-electron chi connectivity index (χ3n) is 11.4. The number of ether oxygens (including phenoxy) is 3. The molecule has 0 aliphatic rings. The molecule has 0 saturated heterocycles. The fourth-order valence-corrected chi connectivity index (χ4v) is 7.40. The van der Waals surface area contributed by atoms with Crippen LogP contribution < -0.4 is 0 Å². The van der Waals surface area contributed by atoms with Gasteiger partial charge in [0.25, 0.3) is 0 Å². The van der Waals surface area contributed by atoms with Crippen LogP contribution in [-0.4, -0.2) is 37.2 Å². The second-order valence-electron chi connectivity index (χ2n) is 17.8. The molecular formula is C58H100O6. The van der Waals surface area contributed by atoms with Crippen molar-refractivity contribution in [3.63, 3.8) is 0 Å². The van der Waals surface area contributed by atoms with Crippen molar-refractivity contribution in [1.82, 2.24) is 0 Å². The van der Waals surface area contributed by atoms with Crippen molar-refractivity contribution in [1.29, 1.82) is 0 Å². The molecule has 0 amide bonds. The summed E-state index contributed by atoms with van der Waals surface area (Å²) >= 11 is 0. The maximum absolute atomic E-state index is 12.8. The second kappa shape index (κ2) is 52.5. The summed E-state index contributed by atoms with van der Waals surface area (Å²) in [5.74, 6) is -0.903. The second-order valence-corrected chi connectivity index (χ2v) is 17.8. The third-order valence-corrected chi connectivity index (χ3v) is 11.4. The van der Waals surface area contributed by atoms with Crippen molar-refractivity contribution in [2.24, 2.45) is 0 Å². The fraction of sp³-hybridized carbons (Fsp3) is 0.741. The lowest BCUT2D eigenvalue weighted by atomic mass is 10.1. The number of unbranched alkanes of at least 4 members (excludes halogenated alkanes) is 25. The van der Waals surface area contributed by atoms with Crippen LogP contribution in [0, 0.1) is 0 Å². The third kappa shape index (κ3) is 49.9. The molecule has 0 rings (SSSR count). The van der Waals surface area contributed by atoms with Crippen LogP contribution in [0.5, 0.6) is 0 Å². The number of allylic oxidation sites excluding steroid dienone is 12. The topological polar surface area (TPSA) is 78.9 Å². The first-order valence-corrected chi connectivity index (χ1v) is 26.9. The Morgan fingerprint density at radius 3 is 0.969 bits per heavy atom. The summed E-state index contributed by atoms with van der Waals surface area (Å²) < 4.78 is 16.8. The molecule has 1 unspecified atom stereocenters. The minimum absolute atomic E-state index is 0.0821. The average Bonchev–Trinajstić information content (AvgIpc) is 3.29. The van der Waals surface area contributed by atoms with Gasteiger partial charge in [0.2, 0.25) is 0 Å². The van der Waals surface area contributed by atoms with E-state index in [1.807, 2.05) is 0 Å². The van der Waals surface area contributed by atoms with E-state index in [9.17, 15) is 14.4 Å². The van der Waals surface area contributed by atoms with E-state index in [1.165, 1.54) is 116 Å². The molecule has 6 nitrogen and oxygen atoms in total. The van der Waals surface area contributed by atoms with Gasteiger partial charge in [0, 0.05) is 19.3 Å². The van der Waals surface area contributed by atoms with Crippen molar-refractivity contribution < 1.29 is 28.6 Å². The summed E-state index contributed by atoms with van der Waals surface area (Å²) in [6, 6.07) is 0. The zero-order valence-electron chi connectivity index (χ0n) is 42.0. The molecule has 0 heterocycles. The summed E-state index contributed by atoms with van der Waals surface area (Å²) in [7, 11) is 0. The highest BCUT2D eigenvalue weighted by atomic mass is 16.6. The number of rotatable bonds is 48. The molecule has 0 N–H and O–H groups in total. The predicted molar refractivity (Wildman–Crippen MR) is 274 cm³/mol. The Bertz CT molecular complexity index is 1210. The van der Waals surface area contributed by atoms with Crippen LogP contribution in [0.25, 0.3) is 0 Å². The zero-order valence-corrected chi connectivity index (χ0v) is 42.0. The van der Waals surface area contributed by atoms with E-state index in [2.05, 4.69) is 93.7 Å². The van der Waals surface area contributed by atoms with E-state index in [0.717, 1.165) is 103 Å². The molecule has 0 fully saturated rings. The summed E-state index contributed by atoms with van der Waals surface area (Å²) in [6.45, 7) is 6.48. The SMILES string of the molecule is CC/C=C\C/C=C\C/C=C\C/C=C\CCCCCCCCC(=O)OCC(COC(=O)CCCCCCCCCCC)OC(=O)CCCCCCCCC/C=C\C/C=C\CCCCCC. The number of hydrogen-bond acceptors (Lipinski definition) is 6. The highest BCUT2D eigenvalue weighted by molar-refractivity contribution is 5.71. The van der Waals surface area contributed by atoms with Crippen LogP contribution in [0.15, 0.2) is 72.9 Å². The van der Waals surface area contributed by atoms with Crippen LogP contribution >= 0.6 is 0 Å². The highest BCUT2D eigenvalue weighted by Crippen LogP contribution is 2.14. The van der Waals surface area contributed by atoms with E-state index < -0.39 is 6.10 Å². The van der Waals surface area contributed by atoms with Crippen molar-refractivity contribution >= 4 is 17.9 Å². The Morgan fingerprint density at radius 2 is 0.609 bits per heavy atom. The Labute approximate surface area is 395 Å². The molecule has 368 valence electrons. The summed E-state index contributed by atoms with van der Waals surface area (Å²) in [4.78, 5) is 38.0.